The monoisotopic (exact) mass is 412 g/mol. The molecular weight excluding hydrogens is 388 g/mol. The predicted octanol–water partition coefficient (Wildman–Crippen LogP) is 2.00. The van der Waals surface area contributed by atoms with Gasteiger partial charge in [-0.25, -0.2) is 8.42 Å². The first kappa shape index (κ1) is 21.8. The number of ether oxygens (including phenoxy) is 1. The van der Waals surface area contributed by atoms with Crippen LogP contribution in [0.25, 0.3) is 0 Å². The van der Waals surface area contributed by atoms with Crippen LogP contribution < -0.4 is 5.32 Å². The number of rotatable bonds is 7. The van der Waals surface area contributed by atoms with E-state index in [-0.39, 0.29) is 16.6 Å². The Bertz CT molecular complexity index is 836. The molecule has 0 unspecified atom stereocenters. The minimum Gasteiger partial charge on any atom is -0.455 e. The molecule has 0 aliphatic heterocycles. The van der Waals surface area contributed by atoms with Gasteiger partial charge in [0.2, 0.25) is 0 Å². The van der Waals surface area contributed by atoms with Crippen molar-refractivity contribution >= 4 is 27.4 Å². The Balaban J connectivity index is 1.93. The van der Waals surface area contributed by atoms with Gasteiger partial charge in [-0.05, 0) is 37.8 Å². The third-order valence-electron chi connectivity index (χ3n) is 4.98. The van der Waals surface area contributed by atoms with Crippen LogP contribution >= 0.6 is 0 Å². The van der Waals surface area contributed by atoms with E-state index in [4.69, 9.17) is 4.74 Å². The second-order valence-electron chi connectivity index (χ2n) is 6.98. The summed E-state index contributed by atoms with van der Waals surface area (Å²) in [6.45, 7) is 2.65. The number of nitrogens with zero attached hydrogens (tertiary/aromatic N) is 1. The zero-order valence-corrected chi connectivity index (χ0v) is 16.6. The molecule has 10 heteroatoms. The molecule has 1 fully saturated rings. The van der Waals surface area contributed by atoms with Crippen LogP contribution in [-0.2, 0) is 24.2 Å². The lowest BCUT2D eigenvalue weighted by atomic mass is 9.86. The highest BCUT2D eigenvalue weighted by Gasteiger charge is 2.32. The molecule has 1 amide bonds. The first-order chi connectivity index (χ1) is 13.1. The molecule has 0 heterocycles. The number of amides is 1. The lowest BCUT2D eigenvalue weighted by Crippen LogP contribution is -2.43. The Labute approximate surface area is 163 Å². The maximum Gasteiger partial charge on any atom is 0.324 e. The van der Waals surface area contributed by atoms with E-state index in [1.54, 1.807) is 0 Å². The SMILES string of the molecule is C[C@@H]1CCCC[C@@H]1NC(=O)COC(=O)[C@@H](C)S(=O)(=O)c1ccc([N+](=O)[O-])cc1. The minimum atomic E-state index is -4.09. The van der Waals surface area contributed by atoms with Crippen LogP contribution in [0.3, 0.4) is 0 Å². The van der Waals surface area contributed by atoms with Gasteiger partial charge >= 0.3 is 5.97 Å². The molecular formula is C18H24N2O7S. The first-order valence-corrected chi connectivity index (χ1v) is 10.6. The maximum atomic E-state index is 12.5. The second kappa shape index (κ2) is 9.13. The normalized spacial score (nSPS) is 20.8. The van der Waals surface area contributed by atoms with E-state index in [2.05, 4.69) is 12.2 Å². The summed E-state index contributed by atoms with van der Waals surface area (Å²) in [7, 11) is -4.09. The van der Waals surface area contributed by atoms with Crippen molar-refractivity contribution in [1.29, 1.82) is 0 Å². The molecule has 1 saturated carbocycles. The third-order valence-corrected chi connectivity index (χ3v) is 7.03. The molecule has 1 aromatic carbocycles. The number of nitrogens with one attached hydrogen (secondary N) is 1. The molecule has 2 rings (SSSR count). The summed E-state index contributed by atoms with van der Waals surface area (Å²) in [5, 5.41) is 11.9. The fourth-order valence-electron chi connectivity index (χ4n) is 3.12. The smallest absolute Gasteiger partial charge is 0.324 e. The van der Waals surface area contributed by atoms with Gasteiger partial charge in [0.25, 0.3) is 11.6 Å². The molecule has 1 aliphatic rings. The molecule has 0 aromatic heterocycles. The summed E-state index contributed by atoms with van der Waals surface area (Å²) in [5.74, 6) is -1.17. The van der Waals surface area contributed by atoms with E-state index in [9.17, 15) is 28.1 Å². The molecule has 9 nitrogen and oxygen atoms in total. The Kier molecular flexibility index (Phi) is 7.11. The molecule has 154 valence electrons. The van der Waals surface area contributed by atoms with Gasteiger partial charge in [-0.2, -0.15) is 0 Å². The number of carbonyl (C=O) groups excluding carboxylic acids is 2. The predicted molar refractivity (Wildman–Crippen MR) is 100 cm³/mol. The van der Waals surface area contributed by atoms with Crippen LogP contribution in [0.2, 0.25) is 0 Å². The highest BCUT2D eigenvalue weighted by molar-refractivity contribution is 7.92. The number of esters is 1. The number of non-ortho nitro benzene ring substituents is 1. The second-order valence-corrected chi connectivity index (χ2v) is 9.25. The number of hydrogen-bond donors (Lipinski definition) is 1. The van der Waals surface area contributed by atoms with Crippen molar-refractivity contribution in [3.8, 4) is 0 Å². The van der Waals surface area contributed by atoms with Gasteiger partial charge < -0.3 is 10.1 Å². The van der Waals surface area contributed by atoms with Crippen molar-refractivity contribution in [3.63, 3.8) is 0 Å². The number of sulfone groups is 1. The van der Waals surface area contributed by atoms with Gasteiger partial charge in [-0.15, -0.1) is 0 Å². The van der Waals surface area contributed by atoms with Gasteiger partial charge in [0.15, 0.2) is 21.7 Å². The summed E-state index contributed by atoms with van der Waals surface area (Å²) in [6.07, 6.45) is 4.04. The first-order valence-electron chi connectivity index (χ1n) is 9.07. The number of hydrogen-bond acceptors (Lipinski definition) is 7. The van der Waals surface area contributed by atoms with Gasteiger partial charge in [0, 0.05) is 18.2 Å². The average Bonchev–Trinajstić information content (AvgIpc) is 2.67. The van der Waals surface area contributed by atoms with E-state index in [1.807, 2.05) is 0 Å². The van der Waals surface area contributed by atoms with Crippen molar-refractivity contribution in [2.45, 2.75) is 55.7 Å². The van der Waals surface area contributed by atoms with Crippen LogP contribution in [0.5, 0.6) is 0 Å². The molecule has 1 aromatic rings. The van der Waals surface area contributed by atoms with Crippen LogP contribution in [0.15, 0.2) is 29.2 Å². The van der Waals surface area contributed by atoms with Crippen LogP contribution in [0.1, 0.15) is 39.5 Å². The highest BCUT2D eigenvalue weighted by atomic mass is 32.2. The average molecular weight is 412 g/mol. The van der Waals surface area contributed by atoms with Crippen molar-refractivity contribution in [1.82, 2.24) is 5.32 Å². The molecule has 0 saturated heterocycles. The number of benzene rings is 1. The summed E-state index contributed by atoms with van der Waals surface area (Å²) in [6, 6.07) is 4.25. The summed E-state index contributed by atoms with van der Waals surface area (Å²) in [5.41, 5.74) is -0.261. The topological polar surface area (TPSA) is 133 Å². The maximum absolute atomic E-state index is 12.5. The Morgan fingerprint density at radius 2 is 1.86 bits per heavy atom. The molecule has 3 atom stereocenters. The Morgan fingerprint density at radius 1 is 1.25 bits per heavy atom. The van der Waals surface area contributed by atoms with Gasteiger partial charge in [0.1, 0.15) is 0 Å². The Morgan fingerprint density at radius 3 is 2.43 bits per heavy atom. The molecule has 0 radical (unpaired) electrons. The minimum absolute atomic E-state index is 0.0289. The fraction of sp³-hybridized carbons (Fsp3) is 0.556. The van der Waals surface area contributed by atoms with Crippen LogP contribution in [0.4, 0.5) is 5.69 Å². The lowest BCUT2D eigenvalue weighted by Gasteiger charge is -2.29. The molecule has 1 N–H and O–H groups in total. The van der Waals surface area contributed by atoms with E-state index in [0.29, 0.717) is 5.92 Å². The van der Waals surface area contributed by atoms with E-state index in [0.717, 1.165) is 56.9 Å². The summed E-state index contributed by atoms with van der Waals surface area (Å²) in [4.78, 5) is 33.9. The zero-order chi connectivity index (χ0) is 20.9. The van der Waals surface area contributed by atoms with Gasteiger partial charge in [-0.3, -0.25) is 19.7 Å². The van der Waals surface area contributed by atoms with Crippen molar-refractivity contribution in [2.24, 2.45) is 5.92 Å². The largest absolute Gasteiger partial charge is 0.455 e. The number of nitro groups is 1. The van der Waals surface area contributed by atoms with Crippen LogP contribution in [-0.4, -0.2) is 43.1 Å². The number of carbonyl (C=O) groups is 2. The molecule has 0 spiro atoms. The Hall–Kier alpha value is -2.49. The van der Waals surface area contributed by atoms with E-state index < -0.39 is 38.5 Å². The fourth-order valence-corrected chi connectivity index (χ4v) is 4.37. The zero-order valence-electron chi connectivity index (χ0n) is 15.8. The van der Waals surface area contributed by atoms with Gasteiger partial charge in [0.05, 0.1) is 9.82 Å². The third kappa shape index (κ3) is 5.28. The summed E-state index contributed by atoms with van der Waals surface area (Å²) < 4.78 is 29.8. The standard InChI is InChI=1S/C18H24N2O7S/c1-12-5-3-4-6-16(12)19-17(21)11-27-18(22)13(2)28(25,26)15-9-7-14(8-10-15)20(23)24/h7-10,12-13,16H,3-6,11H2,1-2H3,(H,19,21)/t12-,13-,16+/m1/s1. The lowest BCUT2D eigenvalue weighted by molar-refractivity contribution is -0.384. The van der Waals surface area contributed by atoms with Crippen LogP contribution in [0, 0.1) is 16.0 Å². The van der Waals surface area contributed by atoms with E-state index in [1.165, 1.54) is 0 Å². The van der Waals surface area contributed by atoms with E-state index >= 15 is 0 Å². The molecule has 1 aliphatic carbocycles. The van der Waals surface area contributed by atoms with Crippen molar-refractivity contribution < 1.29 is 27.7 Å². The molecule has 0 bridgehead atoms. The van der Waals surface area contributed by atoms with Crippen molar-refractivity contribution in [3.05, 3.63) is 34.4 Å². The van der Waals surface area contributed by atoms with Gasteiger partial charge in [-0.1, -0.05) is 19.8 Å². The van der Waals surface area contributed by atoms with Crippen molar-refractivity contribution in [2.75, 3.05) is 6.61 Å². The quantitative estimate of drug-likeness (QED) is 0.411. The summed E-state index contributed by atoms with van der Waals surface area (Å²) >= 11 is 0. The molecule has 28 heavy (non-hydrogen) atoms. The number of nitro benzene ring substituents is 1. The highest BCUT2D eigenvalue weighted by Crippen LogP contribution is 2.24.